The van der Waals surface area contributed by atoms with E-state index in [0.717, 1.165) is 42.1 Å². The van der Waals surface area contributed by atoms with E-state index in [1.165, 1.54) is 12.1 Å². The number of halogens is 1. The number of nitrogens with zero attached hydrogens (tertiary/aromatic N) is 5. The molecule has 3 aromatic rings. The van der Waals surface area contributed by atoms with Gasteiger partial charge in [-0.2, -0.15) is 0 Å². The number of aromatic nitrogens is 3. The number of hydrogen-bond acceptors (Lipinski definition) is 6. The zero-order valence-electron chi connectivity index (χ0n) is 16.6. The molecule has 2 aromatic heterocycles. The van der Waals surface area contributed by atoms with E-state index in [0.29, 0.717) is 12.6 Å². The lowest BCUT2D eigenvalue weighted by Gasteiger charge is -2.32. The molecule has 0 aliphatic carbocycles. The second-order valence-corrected chi connectivity index (χ2v) is 7.34. The molecular weight excluding hydrogens is 369 g/mol. The zero-order valence-corrected chi connectivity index (χ0v) is 16.6. The third-order valence-corrected chi connectivity index (χ3v) is 4.87. The summed E-state index contributed by atoms with van der Waals surface area (Å²) in [6.45, 7) is 2.97. The molecule has 7 heteroatoms. The molecule has 1 saturated heterocycles. The fourth-order valence-corrected chi connectivity index (χ4v) is 3.38. The fourth-order valence-electron chi connectivity index (χ4n) is 3.38. The Hall–Kier alpha value is -2.90. The van der Waals surface area contributed by atoms with Crippen molar-refractivity contribution in [3.05, 3.63) is 71.9 Å². The van der Waals surface area contributed by atoms with Crippen LogP contribution in [0.4, 0.5) is 10.3 Å². The maximum atomic E-state index is 13.6. The highest BCUT2D eigenvalue weighted by Crippen LogP contribution is 2.25. The van der Waals surface area contributed by atoms with E-state index in [2.05, 4.69) is 14.9 Å². The van der Waals surface area contributed by atoms with Crippen molar-refractivity contribution in [2.24, 2.45) is 0 Å². The maximum absolute atomic E-state index is 13.6. The third-order valence-electron chi connectivity index (χ3n) is 4.87. The van der Waals surface area contributed by atoms with Crippen molar-refractivity contribution in [2.45, 2.75) is 12.6 Å². The van der Waals surface area contributed by atoms with Crippen LogP contribution in [-0.2, 0) is 11.3 Å². The van der Waals surface area contributed by atoms with Crippen molar-refractivity contribution in [3.63, 3.8) is 0 Å². The molecule has 0 radical (unpaired) electrons. The van der Waals surface area contributed by atoms with Gasteiger partial charge in [-0.15, -0.1) is 0 Å². The normalized spacial score (nSPS) is 17.3. The summed E-state index contributed by atoms with van der Waals surface area (Å²) < 4.78 is 19.5. The molecule has 1 fully saturated rings. The number of hydrogen-bond donors (Lipinski definition) is 0. The molecule has 0 bridgehead atoms. The van der Waals surface area contributed by atoms with Gasteiger partial charge in [-0.1, -0.05) is 18.2 Å². The second kappa shape index (κ2) is 8.63. The van der Waals surface area contributed by atoms with Gasteiger partial charge < -0.3 is 9.64 Å². The molecule has 29 heavy (non-hydrogen) atoms. The Bertz CT molecular complexity index is 963. The molecule has 1 aromatic carbocycles. The van der Waals surface area contributed by atoms with Gasteiger partial charge >= 0.3 is 0 Å². The Balaban J connectivity index is 1.46. The van der Waals surface area contributed by atoms with Crippen molar-refractivity contribution >= 4 is 5.95 Å². The molecule has 4 rings (SSSR count). The molecule has 0 amide bonds. The maximum Gasteiger partial charge on any atom is 0.224 e. The third kappa shape index (κ3) is 4.75. The lowest BCUT2D eigenvalue weighted by atomic mass is 10.1. The minimum Gasteiger partial charge on any atom is -0.369 e. The molecule has 0 saturated carbocycles. The van der Waals surface area contributed by atoms with Crippen LogP contribution >= 0.6 is 0 Å². The molecular formula is C22H24FN5O. The van der Waals surface area contributed by atoms with Crippen LogP contribution in [0.25, 0.3) is 11.3 Å². The van der Waals surface area contributed by atoms with Gasteiger partial charge in [0.15, 0.2) is 0 Å². The topological polar surface area (TPSA) is 54.4 Å². The molecule has 1 aliphatic heterocycles. The average molecular weight is 393 g/mol. The van der Waals surface area contributed by atoms with E-state index in [4.69, 9.17) is 9.72 Å². The molecule has 1 aliphatic rings. The van der Waals surface area contributed by atoms with Crippen LogP contribution in [-0.4, -0.2) is 53.6 Å². The average Bonchev–Trinajstić information content (AvgIpc) is 2.74. The van der Waals surface area contributed by atoms with Crippen LogP contribution in [0.15, 0.2) is 54.9 Å². The van der Waals surface area contributed by atoms with Crippen LogP contribution in [0.5, 0.6) is 0 Å². The van der Waals surface area contributed by atoms with Crippen LogP contribution in [0.2, 0.25) is 0 Å². The summed E-state index contributed by atoms with van der Waals surface area (Å²) in [6.07, 6.45) is 3.62. The van der Waals surface area contributed by atoms with Gasteiger partial charge in [-0.05, 0) is 24.3 Å². The van der Waals surface area contributed by atoms with Gasteiger partial charge in [0.2, 0.25) is 5.95 Å². The Morgan fingerprint density at radius 2 is 1.93 bits per heavy atom. The summed E-state index contributed by atoms with van der Waals surface area (Å²) in [5.41, 5.74) is 3.43. The molecule has 3 heterocycles. The molecule has 6 nitrogen and oxygen atoms in total. The monoisotopic (exact) mass is 393 g/mol. The number of benzene rings is 1. The predicted octanol–water partition coefficient (Wildman–Crippen LogP) is 3.32. The quantitative estimate of drug-likeness (QED) is 0.663. The van der Waals surface area contributed by atoms with Gasteiger partial charge in [0.25, 0.3) is 0 Å². The van der Waals surface area contributed by atoms with Crippen molar-refractivity contribution in [1.29, 1.82) is 0 Å². The molecule has 0 unspecified atom stereocenters. The summed E-state index contributed by atoms with van der Waals surface area (Å²) in [4.78, 5) is 17.7. The standard InChI is InChI=1S/C22H24FN5O/c1-27(2)22-24-12-16(13-25-22)14-28-9-10-29-21(15-28)20-8-4-7-19(26-20)17-5-3-6-18(23)11-17/h3-8,11-13,21H,9-10,14-15H2,1-2H3/t21-/m1/s1. The smallest absolute Gasteiger partial charge is 0.224 e. The highest BCUT2D eigenvalue weighted by molar-refractivity contribution is 5.59. The first-order valence-electron chi connectivity index (χ1n) is 9.63. The van der Waals surface area contributed by atoms with Crippen LogP contribution in [0.1, 0.15) is 17.4 Å². The minimum absolute atomic E-state index is 0.126. The largest absolute Gasteiger partial charge is 0.369 e. The van der Waals surface area contributed by atoms with Crippen LogP contribution in [0, 0.1) is 5.82 Å². The van der Waals surface area contributed by atoms with Gasteiger partial charge in [-0.3, -0.25) is 9.88 Å². The predicted molar refractivity (Wildman–Crippen MR) is 110 cm³/mol. The van der Waals surface area contributed by atoms with E-state index in [1.54, 1.807) is 6.07 Å². The Kier molecular flexibility index (Phi) is 5.78. The van der Waals surface area contributed by atoms with Crippen molar-refractivity contribution < 1.29 is 9.13 Å². The van der Waals surface area contributed by atoms with Crippen LogP contribution < -0.4 is 4.90 Å². The van der Waals surface area contributed by atoms with Crippen molar-refractivity contribution in [2.75, 3.05) is 38.7 Å². The first-order chi connectivity index (χ1) is 14.1. The van der Waals surface area contributed by atoms with E-state index < -0.39 is 0 Å². The van der Waals surface area contributed by atoms with E-state index in [-0.39, 0.29) is 11.9 Å². The summed E-state index contributed by atoms with van der Waals surface area (Å²) in [6, 6.07) is 12.3. The lowest BCUT2D eigenvalue weighted by Crippen LogP contribution is -2.38. The number of anilines is 1. The first kappa shape index (κ1) is 19.4. The van der Waals surface area contributed by atoms with E-state index >= 15 is 0 Å². The SMILES string of the molecule is CN(C)c1ncc(CN2CCO[C@@H](c3cccc(-c4cccc(F)c4)n3)C2)cn1. The van der Waals surface area contributed by atoms with Crippen molar-refractivity contribution in [3.8, 4) is 11.3 Å². The summed E-state index contributed by atoms with van der Waals surface area (Å²) in [5, 5.41) is 0. The summed E-state index contributed by atoms with van der Waals surface area (Å²) in [7, 11) is 3.85. The van der Waals surface area contributed by atoms with Gasteiger partial charge in [0, 0.05) is 57.3 Å². The first-order valence-corrected chi connectivity index (χ1v) is 9.63. The Morgan fingerprint density at radius 1 is 1.14 bits per heavy atom. The summed E-state index contributed by atoms with van der Waals surface area (Å²) >= 11 is 0. The van der Waals surface area contributed by atoms with Gasteiger partial charge in [-0.25, -0.2) is 14.4 Å². The second-order valence-electron chi connectivity index (χ2n) is 7.34. The highest BCUT2D eigenvalue weighted by Gasteiger charge is 2.23. The van der Waals surface area contributed by atoms with Gasteiger partial charge in [0.05, 0.1) is 18.0 Å². The number of pyridine rings is 1. The Labute approximate surface area is 170 Å². The molecule has 0 spiro atoms. The number of morpholine rings is 1. The molecule has 1 atom stereocenters. The van der Waals surface area contributed by atoms with Gasteiger partial charge in [0.1, 0.15) is 11.9 Å². The van der Waals surface area contributed by atoms with Crippen LogP contribution in [0.3, 0.4) is 0 Å². The minimum atomic E-state index is -0.266. The van der Waals surface area contributed by atoms with Crippen molar-refractivity contribution in [1.82, 2.24) is 19.9 Å². The molecule has 0 N–H and O–H groups in total. The fraction of sp³-hybridized carbons (Fsp3) is 0.318. The number of rotatable bonds is 5. The van der Waals surface area contributed by atoms with E-state index in [1.807, 2.05) is 55.7 Å². The van der Waals surface area contributed by atoms with E-state index in [9.17, 15) is 4.39 Å². The summed E-state index contributed by atoms with van der Waals surface area (Å²) in [5.74, 6) is 0.435. The highest BCUT2D eigenvalue weighted by atomic mass is 19.1. The zero-order chi connectivity index (χ0) is 20.2. The lowest BCUT2D eigenvalue weighted by molar-refractivity contribution is -0.0349. The number of ether oxygens (including phenoxy) is 1. The Morgan fingerprint density at radius 3 is 2.69 bits per heavy atom. The molecule has 150 valence electrons.